The summed E-state index contributed by atoms with van der Waals surface area (Å²) in [6, 6.07) is 0. The average Bonchev–Trinajstić information content (AvgIpc) is 2.74. The Morgan fingerprint density at radius 3 is 2.43 bits per heavy atom. The number of aryl methyl sites for hydroxylation is 3. The first-order valence-electron chi connectivity index (χ1n) is 7.81. The van der Waals surface area contributed by atoms with E-state index in [1.54, 1.807) is 11.3 Å². The van der Waals surface area contributed by atoms with Crippen molar-refractivity contribution in [3.8, 4) is 0 Å². The quantitative estimate of drug-likeness (QED) is 0.872. The van der Waals surface area contributed by atoms with Crippen molar-refractivity contribution in [2.75, 3.05) is 37.6 Å². The lowest BCUT2D eigenvalue weighted by atomic mass is 10.2. The number of hydrogen-bond donors (Lipinski definition) is 0. The summed E-state index contributed by atoms with van der Waals surface area (Å²) >= 11 is 1.79. The summed E-state index contributed by atoms with van der Waals surface area (Å²) in [7, 11) is 0. The molecule has 4 nitrogen and oxygen atoms in total. The molecule has 0 aromatic carbocycles. The molecule has 0 amide bonds. The fourth-order valence-electron chi connectivity index (χ4n) is 3.06. The molecule has 1 aliphatic rings. The molecule has 5 heteroatoms. The molecule has 1 fully saturated rings. The summed E-state index contributed by atoms with van der Waals surface area (Å²) in [5.74, 6) is 2.03. The van der Waals surface area contributed by atoms with E-state index in [4.69, 9.17) is 4.98 Å². The third-order valence-corrected chi connectivity index (χ3v) is 5.43. The van der Waals surface area contributed by atoms with Crippen LogP contribution in [0, 0.1) is 20.8 Å². The molecule has 114 valence electrons. The number of anilines is 1. The van der Waals surface area contributed by atoms with E-state index in [2.05, 4.69) is 35.6 Å². The van der Waals surface area contributed by atoms with Gasteiger partial charge in [-0.3, -0.25) is 4.90 Å². The van der Waals surface area contributed by atoms with E-state index in [9.17, 15) is 0 Å². The molecule has 0 aliphatic carbocycles. The normalized spacial score (nSPS) is 16.9. The maximum Gasteiger partial charge on any atom is 0.141 e. The molecule has 0 radical (unpaired) electrons. The van der Waals surface area contributed by atoms with Crippen LogP contribution in [0.2, 0.25) is 0 Å². The Morgan fingerprint density at radius 1 is 1.05 bits per heavy atom. The Kier molecular flexibility index (Phi) is 4.13. The zero-order valence-electron chi connectivity index (χ0n) is 13.4. The molecule has 3 heterocycles. The van der Waals surface area contributed by atoms with Crippen LogP contribution in [0.5, 0.6) is 0 Å². The molecular weight excluding hydrogens is 280 g/mol. The Balaban J connectivity index is 1.94. The number of aromatic nitrogens is 2. The molecule has 1 aliphatic heterocycles. The van der Waals surface area contributed by atoms with Gasteiger partial charge in [0, 0.05) is 31.1 Å². The van der Waals surface area contributed by atoms with Gasteiger partial charge in [0.25, 0.3) is 0 Å². The molecule has 0 bridgehead atoms. The summed E-state index contributed by atoms with van der Waals surface area (Å²) in [6.07, 6.45) is 1.24. The van der Waals surface area contributed by atoms with Crippen molar-refractivity contribution in [3.05, 3.63) is 16.3 Å². The van der Waals surface area contributed by atoms with Crippen molar-refractivity contribution >= 4 is 27.4 Å². The van der Waals surface area contributed by atoms with Gasteiger partial charge in [-0.25, -0.2) is 9.97 Å². The van der Waals surface area contributed by atoms with E-state index in [0.717, 1.165) is 42.7 Å². The number of hydrogen-bond acceptors (Lipinski definition) is 5. The Labute approximate surface area is 130 Å². The summed E-state index contributed by atoms with van der Waals surface area (Å²) < 4.78 is 0. The van der Waals surface area contributed by atoms with E-state index >= 15 is 0 Å². The minimum Gasteiger partial charge on any atom is -0.353 e. The second-order valence-corrected chi connectivity index (χ2v) is 7.09. The second-order valence-electron chi connectivity index (χ2n) is 5.89. The van der Waals surface area contributed by atoms with Gasteiger partial charge < -0.3 is 4.90 Å². The van der Waals surface area contributed by atoms with Gasteiger partial charge >= 0.3 is 0 Å². The molecule has 0 unspecified atom stereocenters. The van der Waals surface area contributed by atoms with Crippen LogP contribution in [0.1, 0.15) is 29.6 Å². The number of thiophene rings is 1. The van der Waals surface area contributed by atoms with E-state index in [0.29, 0.717) is 0 Å². The van der Waals surface area contributed by atoms with Crippen LogP contribution in [-0.4, -0.2) is 47.6 Å². The fourth-order valence-corrected chi connectivity index (χ4v) is 4.13. The molecule has 2 aromatic rings. The van der Waals surface area contributed by atoms with Crippen LogP contribution in [0.4, 0.5) is 5.82 Å². The summed E-state index contributed by atoms with van der Waals surface area (Å²) in [6.45, 7) is 14.3. The maximum absolute atomic E-state index is 4.77. The van der Waals surface area contributed by atoms with Crippen molar-refractivity contribution < 1.29 is 0 Å². The largest absolute Gasteiger partial charge is 0.353 e. The zero-order chi connectivity index (χ0) is 15.0. The van der Waals surface area contributed by atoms with Gasteiger partial charge in [-0.1, -0.05) is 6.92 Å². The van der Waals surface area contributed by atoms with Crippen molar-refractivity contribution in [2.45, 2.75) is 34.1 Å². The van der Waals surface area contributed by atoms with E-state index in [1.165, 1.54) is 28.8 Å². The van der Waals surface area contributed by atoms with Gasteiger partial charge in [-0.05, 0) is 39.3 Å². The molecule has 0 saturated carbocycles. The van der Waals surface area contributed by atoms with Gasteiger partial charge in [0.05, 0.1) is 5.39 Å². The highest BCUT2D eigenvalue weighted by Crippen LogP contribution is 2.35. The van der Waals surface area contributed by atoms with E-state index in [-0.39, 0.29) is 0 Å². The van der Waals surface area contributed by atoms with Crippen LogP contribution in [0.25, 0.3) is 10.2 Å². The SMILES string of the molecule is CCCN1CCN(c2nc(C)nc3sc(C)c(C)c23)CC1. The van der Waals surface area contributed by atoms with Crippen molar-refractivity contribution in [1.82, 2.24) is 14.9 Å². The summed E-state index contributed by atoms with van der Waals surface area (Å²) in [5.41, 5.74) is 1.35. The lowest BCUT2D eigenvalue weighted by Crippen LogP contribution is -2.47. The van der Waals surface area contributed by atoms with Crippen molar-refractivity contribution in [3.63, 3.8) is 0 Å². The smallest absolute Gasteiger partial charge is 0.141 e. The molecule has 1 saturated heterocycles. The van der Waals surface area contributed by atoms with Gasteiger partial charge in [-0.15, -0.1) is 11.3 Å². The molecule has 0 atom stereocenters. The molecule has 0 N–H and O–H groups in total. The first kappa shape index (κ1) is 14.7. The minimum atomic E-state index is 0.884. The highest BCUT2D eigenvalue weighted by atomic mass is 32.1. The predicted octanol–water partition coefficient (Wildman–Crippen LogP) is 3.15. The van der Waals surface area contributed by atoms with Crippen LogP contribution in [0.15, 0.2) is 0 Å². The van der Waals surface area contributed by atoms with Crippen molar-refractivity contribution in [2.24, 2.45) is 0 Å². The third-order valence-electron chi connectivity index (χ3n) is 4.33. The second kappa shape index (κ2) is 5.89. The monoisotopic (exact) mass is 304 g/mol. The van der Waals surface area contributed by atoms with Gasteiger partial charge in [-0.2, -0.15) is 0 Å². The van der Waals surface area contributed by atoms with Crippen LogP contribution in [-0.2, 0) is 0 Å². The highest BCUT2D eigenvalue weighted by Gasteiger charge is 2.22. The van der Waals surface area contributed by atoms with Crippen molar-refractivity contribution in [1.29, 1.82) is 0 Å². The Bertz CT molecular complexity index is 641. The Hall–Kier alpha value is -1.20. The van der Waals surface area contributed by atoms with Gasteiger partial charge in [0.2, 0.25) is 0 Å². The number of rotatable bonds is 3. The molecular formula is C16H24N4S. The van der Waals surface area contributed by atoms with E-state index < -0.39 is 0 Å². The van der Waals surface area contributed by atoms with Gasteiger partial charge in [0.1, 0.15) is 16.5 Å². The molecule has 0 spiro atoms. The maximum atomic E-state index is 4.77. The first-order chi connectivity index (χ1) is 10.1. The standard InChI is InChI=1S/C16H24N4S/c1-5-6-19-7-9-20(10-8-19)15-14-11(2)12(3)21-16(14)18-13(4)17-15/h5-10H2,1-4H3. The molecule has 21 heavy (non-hydrogen) atoms. The van der Waals surface area contributed by atoms with Crippen LogP contribution in [0.3, 0.4) is 0 Å². The fraction of sp³-hybridized carbons (Fsp3) is 0.625. The first-order valence-corrected chi connectivity index (χ1v) is 8.63. The predicted molar refractivity (Wildman–Crippen MR) is 90.6 cm³/mol. The van der Waals surface area contributed by atoms with E-state index in [1.807, 2.05) is 6.92 Å². The summed E-state index contributed by atoms with van der Waals surface area (Å²) in [5, 5.41) is 1.27. The minimum absolute atomic E-state index is 0.884. The third kappa shape index (κ3) is 2.77. The highest BCUT2D eigenvalue weighted by molar-refractivity contribution is 7.18. The number of nitrogens with zero attached hydrogens (tertiary/aromatic N) is 4. The number of fused-ring (bicyclic) bond motifs is 1. The van der Waals surface area contributed by atoms with Gasteiger partial charge in [0.15, 0.2) is 0 Å². The lowest BCUT2D eigenvalue weighted by Gasteiger charge is -2.35. The average molecular weight is 304 g/mol. The van der Waals surface area contributed by atoms with Crippen LogP contribution >= 0.6 is 11.3 Å². The van der Waals surface area contributed by atoms with Crippen LogP contribution < -0.4 is 4.90 Å². The molecule has 3 rings (SSSR count). The topological polar surface area (TPSA) is 32.3 Å². The number of piperazine rings is 1. The Morgan fingerprint density at radius 2 is 1.76 bits per heavy atom. The summed E-state index contributed by atoms with van der Waals surface area (Å²) in [4.78, 5) is 16.9. The zero-order valence-corrected chi connectivity index (χ0v) is 14.3. The molecule has 2 aromatic heterocycles. The lowest BCUT2D eigenvalue weighted by molar-refractivity contribution is 0.258.